The third-order valence-electron chi connectivity index (χ3n) is 4.42. The normalized spacial score (nSPS) is 10.8. The van der Waals surface area contributed by atoms with Crippen LogP contribution < -0.4 is 10.1 Å². The zero-order valence-electron chi connectivity index (χ0n) is 16.4. The van der Waals surface area contributed by atoms with Gasteiger partial charge in [-0.05, 0) is 48.9 Å². The van der Waals surface area contributed by atoms with E-state index in [9.17, 15) is 13.6 Å². The molecule has 0 unspecified atom stereocenters. The minimum Gasteiger partial charge on any atom is -0.489 e. The molecular weight excluding hydrogens is 408 g/mol. The molecule has 0 spiro atoms. The first-order valence-corrected chi connectivity index (χ1v) is 9.26. The van der Waals surface area contributed by atoms with Crippen LogP contribution in [-0.4, -0.2) is 25.8 Å². The smallest absolute Gasteiger partial charge is 0.280 e. The summed E-state index contributed by atoms with van der Waals surface area (Å²) in [4.78, 5) is 16.7. The van der Waals surface area contributed by atoms with Crippen molar-refractivity contribution in [2.45, 2.75) is 20.1 Å². The van der Waals surface area contributed by atoms with E-state index in [2.05, 4.69) is 20.6 Å². The van der Waals surface area contributed by atoms with Crippen molar-refractivity contribution in [2.75, 3.05) is 5.32 Å². The van der Waals surface area contributed by atoms with E-state index in [0.29, 0.717) is 23.6 Å². The summed E-state index contributed by atoms with van der Waals surface area (Å²) in [6, 6.07) is 11.5. The van der Waals surface area contributed by atoms with E-state index in [-0.39, 0.29) is 29.9 Å². The highest BCUT2D eigenvalue weighted by molar-refractivity contribution is 6.02. The Bertz CT molecular complexity index is 1190. The number of benzene rings is 2. The van der Waals surface area contributed by atoms with E-state index in [0.717, 1.165) is 5.56 Å². The van der Waals surface area contributed by atoms with Crippen molar-refractivity contribution in [3.8, 4) is 5.75 Å². The monoisotopic (exact) mass is 425 g/mol. The fourth-order valence-electron chi connectivity index (χ4n) is 2.79. The Morgan fingerprint density at radius 2 is 1.77 bits per heavy atom. The minimum atomic E-state index is -0.561. The lowest BCUT2D eigenvalue weighted by Gasteiger charge is -2.06. The molecule has 0 saturated carbocycles. The first kappa shape index (κ1) is 20.2. The number of hydrogen-bond acceptors (Lipinski definition) is 6. The molecule has 4 rings (SSSR count). The van der Waals surface area contributed by atoms with Crippen LogP contribution in [0, 0.1) is 18.6 Å². The van der Waals surface area contributed by atoms with Crippen molar-refractivity contribution in [2.24, 2.45) is 0 Å². The number of anilines is 1. The van der Waals surface area contributed by atoms with Gasteiger partial charge in [0.1, 0.15) is 36.1 Å². The molecule has 0 fully saturated rings. The Balaban J connectivity index is 1.41. The first-order chi connectivity index (χ1) is 15.0. The van der Waals surface area contributed by atoms with Crippen molar-refractivity contribution in [3.05, 3.63) is 89.1 Å². The Kier molecular flexibility index (Phi) is 5.69. The van der Waals surface area contributed by atoms with Gasteiger partial charge in [0.2, 0.25) is 5.95 Å². The number of amides is 1. The number of carbonyl (C=O) groups excluding carboxylic acids is 1. The predicted octanol–water partition coefficient (Wildman–Crippen LogP) is 3.73. The van der Waals surface area contributed by atoms with Crippen LogP contribution in [0.4, 0.5) is 14.7 Å². The summed E-state index contributed by atoms with van der Waals surface area (Å²) in [5, 5.41) is 10.5. The SMILES string of the molecule is Cc1onc(C(=O)Nc2ncn(Cc3ccc(F)cc3)n2)c1COc1ccc(F)cc1. The maximum atomic E-state index is 13.0. The highest BCUT2D eigenvalue weighted by atomic mass is 19.1. The second kappa shape index (κ2) is 8.74. The molecule has 10 heteroatoms. The third-order valence-corrected chi connectivity index (χ3v) is 4.42. The fraction of sp³-hybridized carbons (Fsp3) is 0.143. The molecule has 0 radical (unpaired) electrons. The molecule has 1 amide bonds. The Labute approximate surface area is 175 Å². The Morgan fingerprint density at radius 1 is 1.10 bits per heavy atom. The molecule has 0 aliphatic heterocycles. The molecule has 1 N–H and O–H groups in total. The molecule has 0 atom stereocenters. The van der Waals surface area contributed by atoms with Crippen molar-refractivity contribution in [1.82, 2.24) is 19.9 Å². The fourth-order valence-corrected chi connectivity index (χ4v) is 2.79. The quantitative estimate of drug-likeness (QED) is 0.485. The van der Waals surface area contributed by atoms with Gasteiger partial charge in [0.05, 0.1) is 12.1 Å². The summed E-state index contributed by atoms with van der Waals surface area (Å²) in [5.74, 6) is -0.318. The second-order valence-corrected chi connectivity index (χ2v) is 6.65. The summed E-state index contributed by atoms with van der Waals surface area (Å²) < 4.78 is 38.3. The number of rotatable bonds is 7. The minimum absolute atomic E-state index is 0.0101. The summed E-state index contributed by atoms with van der Waals surface area (Å²) in [5.41, 5.74) is 1.32. The highest BCUT2D eigenvalue weighted by Gasteiger charge is 2.21. The molecule has 0 bridgehead atoms. The molecule has 4 aromatic rings. The van der Waals surface area contributed by atoms with Crippen LogP contribution in [0.5, 0.6) is 5.75 Å². The van der Waals surface area contributed by atoms with Gasteiger partial charge in [0, 0.05) is 0 Å². The molecule has 0 aliphatic carbocycles. The zero-order valence-corrected chi connectivity index (χ0v) is 16.4. The summed E-state index contributed by atoms with van der Waals surface area (Å²) in [6.07, 6.45) is 1.45. The number of carbonyl (C=O) groups is 1. The van der Waals surface area contributed by atoms with Crippen LogP contribution in [0.25, 0.3) is 0 Å². The molecule has 2 aromatic heterocycles. The van der Waals surface area contributed by atoms with Crippen molar-refractivity contribution < 1.29 is 22.8 Å². The molecule has 8 nitrogen and oxygen atoms in total. The molecule has 0 aliphatic rings. The summed E-state index contributed by atoms with van der Waals surface area (Å²) in [6.45, 7) is 2.03. The van der Waals surface area contributed by atoms with Gasteiger partial charge in [-0.1, -0.05) is 17.3 Å². The van der Waals surface area contributed by atoms with Crippen molar-refractivity contribution >= 4 is 11.9 Å². The largest absolute Gasteiger partial charge is 0.489 e. The van der Waals surface area contributed by atoms with Crippen LogP contribution in [0.1, 0.15) is 27.4 Å². The second-order valence-electron chi connectivity index (χ2n) is 6.65. The molecule has 2 aromatic carbocycles. The van der Waals surface area contributed by atoms with Crippen LogP contribution in [-0.2, 0) is 13.2 Å². The average molecular weight is 425 g/mol. The van der Waals surface area contributed by atoms with E-state index < -0.39 is 5.91 Å². The number of hydrogen-bond donors (Lipinski definition) is 1. The van der Waals surface area contributed by atoms with Gasteiger partial charge in [-0.2, -0.15) is 0 Å². The Hall–Kier alpha value is -4.08. The number of halogens is 2. The average Bonchev–Trinajstić information content (AvgIpc) is 3.35. The van der Waals surface area contributed by atoms with Crippen LogP contribution >= 0.6 is 0 Å². The van der Waals surface area contributed by atoms with Gasteiger partial charge in [-0.25, -0.2) is 18.4 Å². The first-order valence-electron chi connectivity index (χ1n) is 9.26. The Morgan fingerprint density at radius 3 is 2.48 bits per heavy atom. The number of nitrogens with zero attached hydrogens (tertiary/aromatic N) is 4. The van der Waals surface area contributed by atoms with Crippen LogP contribution in [0.2, 0.25) is 0 Å². The lowest BCUT2D eigenvalue weighted by atomic mass is 10.2. The van der Waals surface area contributed by atoms with Crippen molar-refractivity contribution in [3.63, 3.8) is 0 Å². The van der Waals surface area contributed by atoms with E-state index in [1.807, 2.05) is 0 Å². The molecular formula is C21H17F2N5O3. The summed E-state index contributed by atoms with van der Waals surface area (Å²) >= 11 is 0. The van der Waals surface area contributed by atoms with Crippen LogP contribution in [0.3, 0.4) is 0 Å². The van der Waals surface area contributed by atoms with Gasteiger partial charge in [-0.15, -0.1) is 5.10 Å². The van der Waals surface area contributed by atoms with Gasteiger partial charge >= 0.3 is 0 Å². The number of nitrogens with one attached hydrogen (secondary N) is 1. The molecule has 31 heavy (non-hydrogen) atoms. The molecule has 158 valence electrons. The van der Waals surface area contributed by atoms with E-state index in [1.165, 1.54) is 47.4 Å². The van der Waals surface area contributed by atoms with E-state index in [1.54, 1.807) is 19.1 Å². The standard InChI is InChI=1S/C21H17F2N5O3/c1-13-18(11-30-17-8-6-16(23)7-9-17)19(27-31-13)20(29)25-21-24-12-28(26-21)10-14-2-4-15(22)5-3-14/h2-9,12H,10-11H2,1H3,(H,25,26,29). The van der Waals surface area contributed by atoms with Crippen LogP contribution in [0.15, 0.2) is 59.4 Å². The predicted molar refractivity (Wildman–Crippen MR) is 105 cm³/mol. The molecule has 2 heterocycles. The number of aryl methyl sites for hydroxylation is 1. The van der Waals surface area contributed by atoms with Crippen molar-refractivity contribution in [1.29, 1.82) is 0 Å². The maximum Gasteiger partial charge on any atom is 0.280 e. The lowest BCUT2D eigenvalue weighted by molar-refractivity contribution is 0.101. The van der Waals surface area contributed by atoms with E-state index in [4.69, 9.17) is 9.26 Å². The highest BCUT2D eigenvalue weighted by Crippen LogP contribution is 2.19. The zero-order chi connectivity index (χ0) is 21.8. The summed E-state index contributed by atoms with van der Waals surface area (Å²) in [7, 11) is 0. The lowest BCUT2D eigenvalue weighted by Crippen LogP contribution is -2.16. The topological polar surface area (TPSA) is 95.1 Å². The third kappa shape index (κ3) is 4.92. The number of ether oxygens (including phenoxy) is 1. The maximum absolute atomic E-state index is 13.0. The van der Waals surface area contributed by atoms with Gasteiger partial charge < -0.3 is 9.26 Å². The number of aromatic nitrogens is 4. The van der Waals surface area contributed by atoms with E-state index >= 15 is 0 Å². The van der Waals surface area contributed by atoms with Gasteiger partial charge in [0.15, 0.2) is 5.69 Å². The van der Waals surface area contributed by atoms with Gasteiger partial charge in [-0.3, -0.25) is 10.1 Å². The van der Waals surface area contributed by atoms with Gasteiger partial charge in [0.25, 0.3) is 5.91 Å². The molecule has 0 saturated heterocycles.